The summed E-state index contributed by atoms with van der Waals surface area (Å²) in [5.41, 5.74) is 2.11. The summed E-state index contributed by atoms with van der Waals surface area (Å²) in [6, 6.07) is 18.7. The van der Waals surface area contributed by atoms with Gasteiger partial charge in [-0.25, -0.2) is 0 Å². The minimum atomic E-state index is -0.551. The van der Waals surface area contributed by atoms with E-state index >= 15 is 0 Å². The van der Waals surface area contributed by atoms with Crippen molar-refractivity contribution in [2.75, 3.05) is 11.6 Å². The Hall–Kier alpha value is -4.33. The number of hydrogen-bond donors (Lipinski definition) is 0. The SMILES string of the molecule is Cc1ccc(N(CN2C(=O)c3ccccc3C2=O)C(=O)c2ccc([N+](=O)[O-])cc2)cc1. The minimum Gasteiger partial charge on any atom is -0.290 e. The Balaban J connectivity index is 1.69. The topological polar surface area (TPSA) is 101 Å². The summed E-state index contributed by atoms with van der Waals surface area (Å²) in [7, 11) is 0. The molecular weight excluding hydrogens is 398 g/mol. The van der Waals surface area contributed by atoms with Crippen LogP contribution in [0.4, 0.5) is 11.4 Å². The zero-order valence-electron chi connectivity index (χ0n) is 16.5. The molecule has 154 valence electrons. The summed E-state index contributed by atoms with van der Waals surface area (Å²) in [5, 5.41) is 10.9. The van der Waals surface area contributed by atoms with Gasteiger partial charge in [0.15, 0.2) is 0 Å². The first kappa shape index (κ1) is 20.0. The first-order chi connectivity index (χ1) is 14.9. The summed E-state index contributed by atoms with van der Waals surface area (Å²) < 4.78 is 0. The molecule has 3 aromatic carbocycles. The molecule has 0 saturated carbocycles. The Morgan fingerprint density at radius 3 is 1.97 bits per heavy atom. The number of fused-ring (bicyclic) bond motifs is 1. The molecule has 1 aliphatic rings. The van der Waals surface area contributed by atoms with Gasteiger partial charge in [0, 0.05) is 23.4 Å². The summed E-state index contributed by atoms with van der Waals surface area (Å²) >= 11 is 0. The average molecular weight is 415 g/mol. The van der Waals surface area contributed by atoms with Gasteiger partial charge in [0.25, 0.3) is 23.4 Å². The maximum absolute atomic E-state index is 13.3. The smallest absolute Gasteiger partial charge is 0.269 e. The van der Waals surface area contributed by atoms with Crippen LogP contribution in [0.5, 0.6) is 0 Å². The fraction of sp³-hybridized carbons (Fsp3) is 0.0870. The molecule has 1 aliphatic heterocycles. The van der Waals surface area contributed by atoms with E-state index in [9.17, 15) is 24.5 Å². The maximum Gasteiger partial charge on any atom is 0.269 e. The second-order valence-corrected chi connectivity index (χ2v) is 7.10. The van der Waals surface area contributed by atoms with Crippen molar-refractivity contribution in [3.63, 3.8) is 0 Å². The molecule has 8 nitrogen and oxygen atoms in total. The lowest BCUT2D eigenvalue weighted by atomic mass is 10.1. The molecule has 8 heteroatoms. The van der Waals surface area contributed by atoms with Crippen molar-refractivity contribution >= 4 is 29.1 Å². The number of amides is 3. The highest BCUT2D eigenvalue weighted by atomic mass is 16.6. The molecule has 3 aromatic rings. The molecule has 0 unspecified atom stereocenters. The fourth-order valence-corrected chi connectivity index (χ4v) is 3.38. The Kier molecular flexibility index (Phi) is 5.04. The van der Waals surface area contributed by atoms with Gasteiger partial charge in [0.2, 0.25) is 0 Å². The van der Waals surface area contributed by atoms with Crippen molar-refractivity contribution in [3.05, 3.63) is 105 Å². The van der Waals surface area contributed by atoms with Crippen LogP contribution in [0.2, 0.25) is 0 Å². The molecule has 0 radical (unpaired) electrons. The predicted octanol–water partition coefficient (Wildman–Crippen LogP) is 3.80. The third kappa shape index (κ3) is 3.66. The lowest BCUT2D eigenvalue weighted by molar-refractivity contribution is -0.384. The number of nitro groups is 1. The van der Waals surface area contributed by atoms with Crippen LogP contribution in [-0.4, -0.2) is 34.2 Å². The van der Waals surface area contributed by atoms with E-state index < -0.39 is 22.6 Å². The van der Waals surface area contributed by atoms with Gasteiger partial charge in [-0.1, -0.05) is 29.8 Å². The number of benzene rings is 3. The lowest BCUT2D eigenvalue weighted by Gasteiger charge is -2.27. The number of imide groups is 1. The number of carbonyl (C=O) groups is 3. The van der Waals surface area contributed by atoms with Gasteiger partial charge in [-0.15, -0.1) is 0 Å². The van der Waals surface area contributed by atoms with E-state index in [1.807, 2.05) is 19.1 Å². The average Bonchev–Trinajstić information content (AvgIpc) is 3.02. The Labute approximate surface area is 177 Å². The van der Waals surface area contributed by atoms with Crippen LogP contribution in [0.15, 0.2) is 72.8 Å². The normalized spacial score (nSPS) is 12.6. The van der Waals surface area contributed by atoms with Crippen molar-refractivity contribution in [2.24, 2.45) is 0 Å². The Morgan fingerprint density at radius 2 is 1.45 bits per heavy atom. The van der Waals surface area contributed by atoms with E-state index in [2.05, 4.69) is 0 Å². The monoisotopic (exact) mass is 415 g/mol. The molecule has 0 saturated heterocycles. The maximum atomic E-state index is 13.3. The zero-order chi connectivity index (χ0) is 22.1. The number of aryl methyl sites for hydroxylation is 1. The predicted molar refractivity (Wildman–Crippen MR) is 113 cm³/mol. The van der Waals surface area contributed by atoms with Crippen LogP contribution in [-0.2, 0) is 0 Å². The number of hydrogen-bond acceptors (Lipinski definition) is 5. The molecule has 0 atom stereocenters. The van der Waals surface area contributed by atoms with Crippen LogP contribution in [0, 0.1) is 17.0 Å². The van der Waals surface area contributed by atoms with Crippen molar-refractivity contribution in [2.45, 2.75) is 6.92 Å². The first-order valence-corrected chi connectivity index (χ1v) is 9.45. The molecule has 4 rings (SSSR count). The van der Waals surface area contributed by atoms with Gasteiger partial charge >= 0.3 is 0 Å². The molecule has 0 fully saturated rings. The Morgan fingerprint density at radius 1 is 0.903 bits per heavy atom. The molecule has 31 heavy (non-hydrogen) atoms. The quantitative estimate of drug-likeness (QED) is 0.358. The van der Waals surface area contributed by atoms with Crippen LogP contribution >= 0.6 is 0 Å². The highest BCUT2D eigenvalue weighted by Crippen LogP contribution is 2.26. The van der Waals surface area contributed by atoms with Gasteiger partial charge in [0.1, 0.15) is 6.67 Å². The molecule has 0 aromatic heterocycles. The second-order valence-electron chi connectivity index (χ2n) is 7.10. The molecule has 0 spiro atoms. The summed E-state index contributed by atoms with van der Waals surface area (Å²) in [6.45, 7) is 1.61. The van der Waals surface area contributed by atoms with Crippen molar-refractivity contribution < 1.29 is 19.3 Å². The van der Waals surface area contributed by atoms with E-state index in [4.69, 9.17) is 0 Å². The molecule has 3 amide bonds. The van der Waals surface area contributed by atoms with Crippen LogP contribution < -0.4 is 4.90 Å². The van der Waals surface area contributed by atoms with Crippen LogP contribution in [0.25, 0.3) is 0 Å². The van der Waals surface area contributed by atoms with E-state index in [1.165, 1.54) is 29.2 Å². The van der Waals surface area contributed by atoms with E-state index in [0.29, 0.717) is 16.8 Å². The number of carbonyl (C=O) groups excluding carboxylic acids is 3. The van der Waals surface area contributed by atoms with Gasteiger partial charge in [-0.05, 0) is 43.3 Å². The number of nitrogens with zero attached hydrogens (tertiary/aromatic N) is 3. The molecule has 0 bridgehead atoms. The van der Waals surface area contributed by atoms with Gasteiger partial charge in [-0.3, -0.25) is 34.3 Å². The third-order valence-corrected chi connectivity index (χ3v) is 5.08. The molecular formula is C23H17N3O5. The van der Waals surface area contributed by atoms with Crippen molar-refractivity contribution in [1.29, 1.82) is 0 Å². The second kappa shape index (κ2) is 7.83. The highest BCUT2D eigenvalue weighted by Gasteiger charge is 2.37. The van der Waals surface area contributed by atoms with Crippen LogP contribution in [0.1, 0.15) is 36.6 Å². The molecule has 1 heterocycles. The summed E-state index contributed by atoms with van der Waals surface area (Å²) in [5.74, 6) is -1.45. The number of anilines is 1. The van der Waals surface area contributed by atoms with E-state index in [0.717, 1.165) is 10.5 Å². The van der Waals surface area contributed by atoms with E-state index in [-0.39, 0.29) is 17.9 Å². The summed E-state index contributed by atoms with van der Waals surface area (Å²) in [4.78, 5) is 51.6. The number of non-ortho nitro benzene ring substituents is 1. The standard InChI is InChI=1S/C23H17N3O5/c1-15-6-10-17(11-7-15)24(21(27)16-8-12-18(13-9-16)26(30)31)14-25-22(28)19-4-2-3-5-20(19)23(25)29/h2-13H,14H2,1H3. The van der Waals surface area contributed by atoms with Crippen molar-refractivity contribution in [3.8, 4) is 0 Å². The third-order valence-electron chi connectivity index (χ3n) is 5.08. The summed E-state index contributed by atoms with van der Waals surface area (Å²) in [6.07, 6.45) is 0. The van der Waals surface area contributed by atoms with Gasteiger partial charge < -0.3 is 0 Å². The van der Waals surface area contributed by atoms with Gasteiger partial charge in [-0.2, -0.15) is 0 Å². The minimum absolute atomic E-state index is 0.140. The first-order valence-electron chi connectivity index (χ1n) is 9.45. The zero-order valence-corrected chi connectivity index (χ0v) is 16.5. The highest BCUT2D eigenvalue weighted by molar-refractivity contribution is 6.22. The van der Waals surface area contributed by atoms with Crippen molar-refractivity contribution in [1.82, 2.24) is 4.90 Å². The molecule has 0 N–H and O–H groups in total. The molecule has 0 aliphatic carbocycles. The number of nitro benzene ring substituents is 1. The Bertz CT molecular complexity index is 1170. The van der Waals surface area contributed by atoms with Crippen LogP contribution in [0.3, 0.4) is 0 Å². The largest absolute Gasteiger partial charge is 0.290 e. The fourth-order valence-electron chi connectivity index (χ4n) is 3.38. The lowest BCUT2D eigenvalue weighted by Crippen LogP contribution is -2.44. The van der Waals surface area contributed by atoms with E-state index in [1.54, 1.807) is 36.4 Å². The number of rotatable bonds is 5. The van der Waals surface area contributed by atoms with Gasteiger partial charge in [0.05, 0.1) is 16.1 Å².